The molecule has 0 aromatic carbocycles. The molecule has 1 heterocycles. The van der Waals surface area contributed by atoms with Crippen molar-refractivity contribution in [2.24, 2.45) is 0 Å². The van der Waals surface area contributed by atoms with Crippen molar-refractivity contribution in [3.8, 4) is 0 Å². The van der Waals surface area contributed by atoms with E-state index in [1.807, 2.05) is 24.3 Å². The first-order chi connectivity index (χ1) is 5.88. The average molecular weight is 157 g/mol. The van der Waals surface area contributed by atoms with Gasteiger partial charge in [-0.25, -0.2) is 0 Å². The summed E-state index contributed by atoms with van der Waals surface area (Å²) in [4.78, 5) is 4.01. The van der Waals surface area contributed by atoms with E-state index in [0.29, 0.717) is 0 Å². The highest BCUT2D eigenvalue weighted by molar-refractivity contribution is 5.63. The number of hydrogen-bond donors (Lipinski definition) is 0. The minimum absolute atomic E-state index is 1.06. The molecule has 0 unspecified atom stereocenters. The molecular weight excluding hydrogens is 146 g/mol. The number of aromatic nitrogens is 1. The fourth-order valence-electron chi connectivity index (χ4n) is 0.914. The summed E-state index contributed by atoms with van der Waals surface area (Å²) in [6, 6.07) is 1.93. The molecular formula is C11H11N. The van der Waals surface area contributed by atoms with E-state index in [-0.39, 0.29) is 0 Å². The van der Waals surface area contributed by atoms with Crippen LogP contribution >= 0.6 is 0 Å². The Hall–Kier alpha value is -1.63. The van der Waals surface area contributed by atoms with Crippen LogP contribution in [-0.2, 0) is 0 Å². The molecule has 0 bridgehead atoms. The van der Waals surface area contributed by atoms with Crippen molar-refractivity contribution >= 4 is 12.2 Å². The van der Waals surface area contributed by atoms with Crippen molar-refractivity contribution in [2.75, 3.05) is 0 Å². The van der Waals surface area contributed by atoms with Crippen molar-refractivity contribution in [3.05, 3.63) is 54.9 Å². The third-order valence-electron chi connectivity index (χ3n) is 1.52. The number of nitrogens with zero attached hydrogens (tertiary/aromatic N) is 1. The molecule has 1 aromatic rings. The Kier molecular flexibility index (Phi) is 3.03. The highest BCUT2D eigenvalue weighted by Crippen LogP contribution is 2.09. The quantitative estimate of drug-likeness (QED) is 0.615. The molecule has 0 N–H and O–H groups in total. The fraction of sp³-hybridized carbons (Fsp3) is 0. The molecule has 0 aliphatic carbocycles. The van der Waals surface area contributed by atoms with Gasteiger partial charge in [-0.05, 0) is 17.2 Å². The minimum Gasteiger partial charge on any atom is -0.264 e. The van der Waals surface area contributed by atoms with Gasteiger partial charge in [0.05, 0.1) is 0 Å². The summed E-state index contributed by atoms with van der Waals surface area (Å²) in [5.41, 5.74) is 2.15. The molecule has 0 aliphatic rings. The van der Waals surface area contributed by atoms with Crippen LogP contribution in [0.1, 0.15) is 11.1 Å². The summed E-state index contributed by atoms with van der Waals surface area (Å²) in [5.74, 6) is 0. The van der Waals surface area contributed by atoms with Crippen LogP contribution in [0.25, 0.3) is 12.2 Å². The smallest absolute Gasteiger partial charge is 0.0346 e. The third kappa shape index (κ3) is 1.92. The summed E-state index contributed by atoms with van der Waals surface area (Å²) in [6.45, 7) is 7.31. The summed E-state index contributed by atoms with van der Waals surface area (Å²) < 4.78 is 0. The summed E-state index contributed by atoms with van der Waals surface area (Å²) in [6.07, 6.45) is 10.9. The van der Waals surface area contributed by atoms with Gasteiger partial charge >= 0.3 is 0 Å². The number of pyridine rings is 1. The normalized spacial score (nSPS) is 10.0. The molecule has 60 valence electrons. The molecule has 1 nitrogen and oxygen atoms in total. The third-order valence-corrected chi connectivity index (χ3v) is 1.52. The second kappa shape index (κ2) is 4.29. The van der Waals surface area contributed by atoms with Crippen LogP contribution in [0.5, 0.6) is 0 Å². The molecule has 0 spiro atoms. The molecule has 1 heteroatoms. The van der Waals surface area contributed by atoms with E-state index in [1.165, 1.54) is 0 Å². The van der Waals surface area contributed by atoms with Crippen LogP contribution in [0.15, 0.2) is 43.8 Å². The number of hydrogen-bond acceptors (Lipinski definition) is 1. The Labute approximate surface area is 72.8 Å². The first-order valence-electron chi connectivity index (χ1n) is 3.74. The van der Waals surface area contributed by atoms with E-state index in [4.69, 9.17) is 0 Å². The van der Waals surface area contributed by atoms with Gasteiger partial charge in [0.1, 0.15) is 0 Å². The molecule has 0 fully saturated rings. The molecule has 12 heavy (non-hydrogen) atoms. The molecule has 1 rings (SSSR count). The molecule has 0 atom stereocenters. The van der Waals surface area contributed by atoms with Gasteiger partial charge in [0, 0.05) is 12.4 Å². The van der Waals surface area contributed by atoms with Crippen LogP contribution in [0.3, 0.4) is 0 Å². The Morgan fingerprint density at radius 2 is 2.08 bits per heavy atom. The minimum atomic E-state index is 1.06. The fourth-order valence-corrected chi connectivity index (χ4v) is 0.914. The first-order valence-corrected chi connectivity index (χ1v) is 3.74. The van der Waals surface area contributed by atoms with Crippen LogP contribution in [0.4, 0.5) is 0 Å². The van der Waals surface area contributed by atoms with Crippen molar-refractivity contribution < 1.29 is 0 Å². The van der Waals surface area contributed by atoms with Gasteiger partial charge in [0.2, 0.25) is 0 Å². The zero-order valence-electron chi connectivity index (χ0n) is 6.90. The molecule has 0 aliphatic heterocycles. The lowest BCUT2D eigenvalue weighted by Crippen LogP contribution is -1.80. The Balaban J connectivity index is 3.04. The zero-order chi connectivity index (χ0) is 8.81. The highest BCUT2D eigenvalue weighted by Gasteiger charge is 1.91. The standard InChI is InChI=1S/C11H11N/c1-3-5-6-11-9-12-8-7-10(11)4-2/h3-9H,1-2H2/b6-5-. The number of allylic oxidation sites excluding steroid dienone is 2. The second-order valence-electron chi connectivity index (χ2n) is 2.30. The second-order valence-corrected chi connectivity index (χ2v) is 2.30. The van der Waals surface area contributed by atoms with Crippen molar-refractivity contribution in [1.82, 2.24) is 4.98 Å². The molecule has 1 aromatic heterocycles. The lowest BCUT2D eigenvalue weighted by molar-refractivity contribution is 1.31. The predicted octanol–water partition coefficient (Wildman–Crippen LogP) is 2.92. The van der Waals surface area contributed by atoms with E-state index in [1.54, 1.807) is 18.5 Å². The summed E-state index contributed by atoms with van der Waals surface area (Å²) >= 11 is 0. The highest BCUT2D eigenvalue weighted by atomic mass is 14.6. The summed E-state index contributed by atoms with van der Waals surface area (Å²) in [5, 5.41) is 0. The lowest BCUT2D eigenvalue weighted by Gasteiger charge is -1.96. The number of rotatable bonds is 3. The van der Waals surface area contributed by atoms with Crippen LogP contribution < -0.4 is 0 Å². The van der Waals surface area contributed by atoms with E-state index < -0.39 is 0 Å². The molecule has 0 amide bonds. The largest absolute Gasteiger partial charge is 0.264 e. The van der Waals surface area contributed by atoms with E-state index in [2.05, 4.69) is 18.1 Å². The van der Waals surface area contributed by atoms with Gasteiger partial charge in [0.15, 0.2) is 0 Å². The topological polar surface area (TPSA) is 12.9 Å². The Morgan fingerprint density at radius 3 is 2.75 bits per heavy atom. The summed E-state index contributed by atoms with van der Waals surface area (Å²) in [7, 11) is 0. The zero-order valence-corrected chi connectivity index (χ0v) is 6.90. The van der Waals surface area contributed by atoms with Gasteiger partial charge in [0.25, 0.3) is 0 Å². The van der Waals surface area contributed by atoms with Crippen LogP contribution in [0, 0.1) is 0 Å². The van der Waals surface area contributed by atoms with Gasteiger partial charge in [-0.2, -0.15) is 0 Å². The average Bonchev–Trinajstić information content (AvgIpc) is 2.15. The van der Waals surface area contributed by atoms with Gasteiger partial charge in [-0.15, -0.1) is 0 Å². The first kappa shape index (κ1) is 8.47. The molecule has 0 saturated heterocycles. The maximum atomic E-state index is 4.01. The van der Waals surface area contributed by atoms with Crippen molar-refractivity contribution in [3.63, 3.8) is 0 Å². The van der Waals surface area contributed by atoms with Gasteiger partial charge in [-0.3, -0.25) is 4.98 Å². The SMILES string of the molecule is C=C/C=C\c1cnccc1C=C. The Morgan fingerprint density at radius 1 is 1.25 bits per heavy atom. The van der Waals surface area contributed by atoms with E-state index >= 15 is 0 Å². The van der Waals surface area contributed by atoms with Crippen LogP contribution in [0.2, 0.25) is 0 Å². The van der Waals surface area contributed by atoms with E-state index in [0.717, 1.165) is 11.1 Å². The molecule has 0 radical (unpaired) electrons. The van der Waals surface area contributed by atoms with Gasteiger partial charge < -0.3 is 0 Å². The van der Waals surface area contributed by atoms with Gasteiger partial charge in [-0.1, -0.05) is 37.5 Å². The van der Waals surface area contributed by atoms with Crippen molar-refractivity contribution in [2.45, 2.75) is 0 Å². The lowest BCUT2D eigenvalue weighted by atomic mass is 10.1. The monoisotopic (exact) mass is 157 g/mol. The van der Waals surface area contributed by atoms with Crippen molar-refractivity contribution in [1.29, 1.82) is 0 Å². The maximum Gasteiger partial charge on any atom is 0.0346 e. The van der Waals surface area contributed by atoms with E-state index in [9.17, 15) is 0 Å². The predicted molar refractivity (Wildman–Crippen MR) is 53.6 cm³/mol. The maximum absolute atomic E-state index is 4.01. The molecule has 0 saturated carbocycles. The van der Waals surface area contributed by atoms with Crippen LogP contribution in [-0.4, -0.2) is 4.98 Å². The Bertz CT molecular complexity index is 311.